The molecule has 0 saturated heterocycles. The van der Waals surface area contributed by atoms with Crippen LogP contribution in [0.4, 0.5) is 17.6 Å². The van der Waals surface area contributed by atoms with E-state index in [0.29, 0.717) is 0 Å². The highest BCUT2D eigenvalue weighted by Gasteiger charge is 2.25. The van der Waals surface area contributed by atoms with Crippen molar-refractivity contribution in [3.05, 3.63) is 33.3 Å². The Morgan fingerprint density at radius 3 is 1.64 bits per heavy atom. The molecule has 0 aliphatic carbocycles. The summed E-state index contributed by atoms with van der Waals surface area (Å²) in [5.41, 5.74) is 4.39. The summed E-state index contributed by atoms with van der Waals surface area (Å²) in [4.78, 5) is 0. The van der Waals surface area contributed by atoms with Gasteiger partial charge in [-0.05, 0) is 22.9 Å². The van der Waals surface area contributed by atoms with Crippen LogP contribution in [0.3, 0.4) is 0 Å². The van der Waals surface area contributed by atoms with E-state index in [0.717, 1.165) is 0 Å². The third-order valence-corrected chi connectivity index (χ3v) is 2.40. The maximum atomic E-state index is 13.1. The molecule has 0 fully saturated rings. The molecule has 0 aromatic heterocycles. The van der Waals surface area contributed by atoms with Gasteiger partial charge in [0, 0.05) is 11.6 Å². The minimum absolute atomic E-state index is 0.789. The molecule has 0 bridgehead atoms. The molecule has 1 aromatic carbocycles. The van der Waals surface area contributed by atoms with Crippen LogP contribution in [0.5, 0.6) is 0 Å². The zero-order valence-corrected chi connectivity index (χ0v) is 8.63. The summed E-state index contributed by atoms with van der Waals surface area (Å²) in [6.07, 6.45) is 0. The summed E-state index contributed by atoms with van der Waals surface area (Å²) < 4.78 is 51.1. The Balaban J connectivity index is 3.60. The minimum Gasteiger partial charge on any atom is -0.324 e. The molecule has 6 heteroatoms. The summed E-state index contributed by atoms with van der Waals surface area (Å²) in [5, 5.41) is 0. The van der Waals surface area contributed by atoms with Crippen molar-refractivity contribution >= 4 is 15.9 Å². The summed E-state index contributed by atoms with van der Waals surface area (Å²) >= 11 is 2.39. The highest BCUT2D eigenvalue weighted by Crippen LogP contribution is 2.30. The van der Waals surface area contributed by atoms with Crippen LogP contribution in [0.2, 0.25) is 0 Å². The lowest BCUT2D eigenvalue weighted by atomic mass is 10.1. The number of hydrogen-bond donors (Lipinski definition) is 1. The van der Waals surface area contributed by atoms with Crippen molar-refractivity contribution in [1.29, 1.82) is 0 Å². The molecule has 0 saturated carbocycles. The van der Waals surface area contributed by atoms with E-state index in [9.17, 15) is 17.6 Å². The molecule has 0 aliphatic rings. The molecule has 0 spiro atoms. The van der Waals surface area contributed by atoms with E-state index >= 15 is 0 Å². The topological polar surface area (TPSA) is 26.0 Å². The SMILES string of the molecule is CC(N)c1c(F)c(F)c(Br)c(F)c1F. The maximum absolute atomic E-state index is 13.1. The fourth-order valence-corrected chi connectivity index (χ4v) is 1.37. The fourth-order valence-electron chi connectivity index (χ4n) is 1.02. The quantitative estimate of drug-likeness (QED) is 0.474. The Bertz CT molecular complexity index is 349. The van der Waals surface area contributed by atoms with Gasteiger partial charge in [0.2, 0.25) is 0 Å². The number of nitrogens with two attached hydrogens (primary N) is 1. The first kappa shape index (κ1) is 11.5. The molecule has 0 aliphatic heterocycles. The van der Waals surface area contributed by atoms with E-state index in [1.807, 2.05) is 0 Å². The van der Waals surface area contributed by atoms with Crippen LogP contribution in [-0.4, -0.2) is 0 Å². The zero-order valence-electron chi connectivity index (χ0n) is 7.04. The molecule has 2 N–H and O–H groups in total. The molecule has 0 radical (unpaired) electrons. The van der Waals surface area contributed by atoms with Gasteiger partial charge >= 0.3 is 0 Å². The van der Waals surface area contributed by atoms with Crippen LogP contribution >= 0.6 is 15.9 Å². The van der Waals surface area contributed by atoms with Crippen molar-refractivity contribution in [3.63, 3.8) is 0 Å². The van der Waals surface area contributed by atoms with Crippen LogP contribution in [-0.2, 0) is 0 Å². The smallest absolute Gasteiger partial charge is 0.176 e. The minimum atomic E-state index is -1.48. The summed E-state index contributed by atoms with van der Waals surface area (Å²) in [5.74, 6) is -5.89. The second-order valence-electron chi connectivity index (χ2n) is 2.77. The molecule has 78 valence electrons. The molecule has 0 heterocycles. The Hall–Kier alpha value is -0.620. The standard InChI is InChI=1S/C8H6BrF4N/c1-2(14)3-5(10)7(12)4(9)8(13)6(3)11/h2H,14H2,1H3. The molecule has 1 nitrogen and oxygen atoms in total. The molecule has 1 unspecified atom stereocenters. The molecular weight excluding hydrogens is 266 g/mol. The number of benzene rings is 1. The van der Waals surface area contributed by atoms with E-state index in [2.05, 4.69) is 15.9 Å². The maximum Gasteiger partial charge on any atom is 0.176 e. The molecule has 1 rings (SSSR count). The molecule has 1 aromatic rings. The van der Waals surface area contributed by atoms with E-state index < -0.39 is 39.3 Å². The first-order valence-corrected chi connectivity index (χ1v) is 4.44. The molecule has 0 amide bonds. The van der Waals surface area contributed by atoms with Crippen LogP contribution < -0.4 is 5.73 Å². The predicted octanol–water partition coefficient (Wildman–Crippen LogP) is 3.03. The Kier molecular flexibility index (Phi) is 3.16. The van der Waals surface area contributed by atoms with Gasteiger partial charge in [-0.1, -0.05) is 0 Å². The van der Waals surface area contributed by atoms with Gasteiger partial charge in [0.15, 0.2) is 23.3 Å². The lowest BCUT2D eigenvalue weighted by molar-refractivity contribution is 0.424. The van der Waals surface area contributed by atoms with Crippen LogP contribution in [0.25, 0.3) is 0 Å². The first-order chi connectivity index (χ1) is 6.37. The normalized spacial score (nSPS) is 13.1. The third-order valence-electron chi connectivity index (χ3n) is 1.70. The highest BCUT2D eigenvalue weighted by molar-refractivity contribution is 9.10. The van der Waals surface area contributed by atoms with Crippen molar-refractivity contribution in [2.45, 2.75) is 13.0 Å². The number of hydrogen-bond acceptors (Lipinski definition) is 1. The van der Waals surface area contributed by atoms with E-state index in [1.54, 1.807) is 0 Å². The van der Waals surface area contributed by atoms with E-state index in [4.69, 9.17) is 5.73 Å². The van der Waals surface area contributed by atoms with E-state index in [-0.39, 0.29) is 0 Å². The third kappa shape index (κ3) is 1.64. The van der Waals surface area contributed by atoms with Gasteiger partial charge in [-0.25, -0.2) is 17.6 Å². The lowest BCUT2D eigenvalue weighted by Gasteiger charge is -2.11. The summed E-state index contributed by atoms with van der Waals surface area (Å²) in [6.45, 7) is 1.23. The second kappa shape index (κ2) is 3.86. The van der Waals surface area contributed by atoms with Gasteiger partial charge < -0.3 is 5.73 Å². The fraction of sp³-hybridized carbons (Fsp3) is 0.250. The lowest BCUT2D eigenvalue weighted by Crippen LogP contribution is -2.13. The van der Waals surface area contributed by atoms with Crippen molar-refractivity contribution in [3.8, 4) is 0 Å². The van der Waals surface area contributed by atoms with Gasteiger partial charge in [-0.3, -0.25) is 0 Å². The number of halogens is 5. The van der Waals surface area contributed by atoms with Crippen LogP contribution in [0.15, 0.2) is 4.47 Å². The monoisotopic (exact) mass is 271 g/mol. The second-order valence-corrected chi connectivity index (χ2v) is 3.57. The molecular formula is C8H6BrF4N. The highest BCUT2D eigenvalue weighted by atomic mass is 79.9. The predicted molar refractivity (Wildman–Crippen MR) is 46.6 cm³/mol. The van der Waals surface area contributed by atoms with Crippen molar-refractivity contribution < 1.29 is 17.6 Å². The van der Waals surface area contributed by atoms with Crippen molar-refractivity contribution in [2.24, 2.45) is 5.73 Å². The van der Waals surface area contributed by atoms with Gasteiger partial charge in [0.25, 0.3) is 0 Å². The average Bonchev–Trinajstić information content (AvgIpc) is 2.11. The summed E-state index contributed by atoms with van der Waals surface area (Å²) in [6, 6.07) is -1.12. The summed E-state index contributed by atoms with van der Waals surface area (Å²) in [7, 11) is 0. The van der Waals surface area contributed by atoms with Crippen LogP contribution in [0.1, 0.15) is 18.5 Å². The molecule has 14 heavy (non-hydrogen) atoms. The van der Waals surface area contributed by atoms with Crippen molar-refractivity contribution in [2.75, 3.05) is 0 Å². The Morgan fingerprint density at radius 1 is 1.00 bits per heavy atom. The Labute approximate surface area is 86.0 Å². The van der Waals surface area contributed by atoms with Crippen molar-refractivity contribution in [1.82, 2.24) is 0 Å². The zero-order chi connectivity index (χ0) is 11.0. The van der Waals surface area contributed by atoms with Gasteiger partial charge in [-0.15, -0.1) is 0 Å². The van der Waals surface area contributed by atoms with Crippen LogP contribution in [0, 0.1) is 23.3 Å². The van der Waals surface area contributed by atoms with Gasteiger partial charge in [-0.2, -0.15) is 0 Å². The average molecular weight is 272 g/mol. The van der Waals surface area contributed by atoms with E-state index in [1.165, 1.54) is 6.92 Å². The largest absolute Gasteiger partial charge is 0.324 e. The van der Waals surface area contributed by atoms with Gasteiger partial charge in [0.05, 0.1) is 4.47 Å². The molecule has 1 atom stereocenters. The first-order valence-electron chi connectivity index (χ1n) is 3.64. The number of rotatable bonds is 1. The Morgan fingerprint density at radius 2 is 1.36 bits per heavy atom. The van der Waals surface area contributed by atoms with Gasteiger partial charge in [0.1, 0.15) is 0 Å².